The average Bonchev–Trinajstić information content (AvgIpc) is 1.33. The summed E-state index contributed by atoms with van der Waals surface area (Å²) in [6.07, 6.45) is 14.4. The molecule has 16 heteroatoms. The van der Waals surface area contributed by atoms with Gasteiger partial charge in [0.15, 0.2) is 22.5 Å². The van der Waals surface area contributed by atoms with E-state index in [1.54, 1.807) is 0 Å². The van der Waals surface area contributed by atoms with Gasteiger partial charge >= 0.3 is 0 Å². The molecule has 7 aliphatic rings. The third-order valence-corrected chi connectivity index (χ3v) is 23.3. The molecule has 0 radical (unpaired) electrons. The van der Waals surface area contributed by atoms with Gasteiger partial charge in [-0.3, -0.25) is 15.0 Å². The molecule has 0 saturated carbocycles. The number of nitrogens with zero attached hydrogens (tertiary/aromatic N) is 5. The van der Waals surface area contributed by atoms with E-state index in [4.69, 9.17) is 57.3 Å². The van der Waals surface area contributed by atoms with Crippen LogP contribution in [0.25, 0.3) is 133 Å². The number of hydrogen-bond donors (Lipinski definition) is 1. The minimum absolute atomic E-state index is 0.190. The maximum Gasteiger partial charge on any atom is 0.266 e. The molecule has 0 amide bonds. The van der Waals surface area contributed by atoms with Crippen LogP contribution >= 0.6 is 0 Å². The molecule has 25 rings (SSSR count). The molecular weight excluding hydrogens is 1350 g/mol. The Bertz CT molecular complexity index is 7060. The molecule has 18 aromatic rings. The summed E-state index contributed by atoms with van der Waals surface area (Å²) in [5.74, 6) is 5.59. The molecule has 109 heavy (non-hydrogen) atoms. The normalized spacial score (nSPS) is 15.8. The summed E-state index contributed by atoms with van der Waals surface area (Å²) in [6, 6.07) is 80.8. The molecule has 2 atom stereocenters. The van der Waals surface area contributed by atoms with E-state index >= 15 is 0 Å². The predicted molar refractivity (Wildman–Crippen MR) is 434 cm³/mol. The van der Waals surface area contributed by atoms with E-state index in [2.05, 4.69) is 211 Å². The molecule has 7 aromatic heterocycles. The minimum atomic E-state index is -0.500. The Balaban J connectivity index is 0.697. The zero-order valence-corrected chi connectivity index (χ0v) is 58.1. The van der Waals surface area contributed by atoms with Crippen LogP contribution in [0.15, 0.2) is 291 Å². The molecule has 1 aliphatic carbocycles. The number of aromatic nitrogens is 3. The first-order valence-electron chi connectivity index (χ1n) is 36.9. The number of nitrogen functional groups attached to an aromatic ring is 1. The van der Waals surface area contributed by atoms with Gasteiger partial charge in [-0.25, -0.2) is 0 Å². The Labute approximate surface area is 621 Å². The molecule has 14 nitrogen and oxygen atoms in total. The standard InChI is InChI=1S/C93H54B2N6O8/c1-2-3-17-72-90(96)60-32-48(21-25-68(60)102-72)52-36-64-84-76(40-52)106-80-44-56(45-81-88(80)94(84)85-65(100(64)58-13-6-4-7-14-58)37-53(41-77(85)107-81)49-22-26-69-61(33-49)91-73(103-69)18-10-29-97-91)57-46-82-89-83(47-57)109-79-43-55(51-24-28-71-63(35-51)93-75(105-71)20-12-31-99-93)39-67-87(79)95(89)86-66(101(67)59-15-8-5-9-16-59)38-54(42-78(86)108-82)50-23-27-70-62(34-50)92-74(104-70)19-11-30-98-92/h3-47,81,88H,2,96H2,1H3/b17-3-. The molecule has 13 heterocycles. The van der Waals surface area contributed by atoms with Crippen molar-refractivity contribution in [3.05, 3.63) is 284 Å². The second-order valence-electron chi connectivity index (χ2n) is 29.2. The first-order chi connectivity index (χ1) is 53.8. The molecule has 0 fully saturated rings. The van der Waals surface area contributed by atoms with Gasteiger partial charge in [0.2, 0.25) is 6.71 Å². The van der Waals surface area contributed by atoms with Gasteiger partial charge in [0.05, 0.1) is 5.69 Å². The van der Waals surface area contributed by atoms with E-state index in [0.717, 1.165) is 229 Å². The maximum atomic E-state index is 7.70. The largest absolute Gasteiger partial charge is 0.487 e. The van der Waals surface area contributed by atoms with E-state index in [9.17, 15) is 0 Å². The zero-order valence-electron chi connectivity index (χ0n) is 58.1. The van der Waals surface area contributed by atoms with Gasteiger partial charge < -0.3 is 52.1 Å². The lowest BCUT2D eigenvalue weighted by atomic mass is 9.28. The fourth-order valence-corrected chi connectivity index (χ4v) is 18.5. The quantitative estimate of drug-likeness (QED) is 0.136. The summed E-state index contributed by atoms with van der Waals surface area (Å²) in [5, 5.41) is 3.64. The van der Waals surface area contributed by atoms with Crippen LogP contribution in [-0.4, -0.2) is 34.5 Å². The van der Waals surface area contributed by atoms with E-state index in [0.29, 0.717) is 22.9 Å². The summed E-state index contributed by atoms with van der Waals surface area (Å²) in [7, 11) is 0. The highest BCUT2D eigenvalue weighted by Crippen LogP contribution is 2.56. The van der Waals surface area contributed by atoms with Crippen LogP contribution in [0.1, 0.15) is 24.7 Å². The number of allylic oxidation sites excluding steroid dienone is 3. The van der Waals surface area contributed by atoms with Crippen LogP contribution in [0, 0.1) is 0 Å². The number of pyridine rings is 3. The van der Waals surface area contributed by atoms with Gasteiger partial charge in [-0.05, 0) is 272 Å². The van der Waals surface area contributed by atoms with Gasteiger partial charge in [0.25, 0.3) is 6.71 Å². The van der Waals surface area contributed by atoms with E-state index in [1.807, 2.05) is 79.3 Å². The Morgan fingerprint density at radius 3 is 1.30 bits per heavy atom. The lowest BCUT2D eigenvalue weighted by Gasteiger charge is -2.49. The number of fused-ring (bicyclic) bond motifs is 10. The fourth-order valence-electron chi connectivity index (χ4n) is 18.5. The van der Waals surface area contributed by atoms with E-state index in [-0.39, 0.29) is 19.2 Å². The number of hydrogen-bond acceptors (Lipinski definition) is 14. The topological polar surface area (TPSA) is 161 Å². The minimum Gasteiger partial charge on any atom is -0.487 e. The van der Waals surface area contributed by atoms with Crippen molar-refractivity contribution in [1.82, 2.24) is 15.0 Å². The molecule has 0 spiro atoms. The Morgan fingerprint density at radius 2 is 0.817 bits per heavy atom. The van der Waals surface area contributed by atoms with Crippen molar-refractivity contribution in [2.75, 3.05) is 15.5 Å². The van der Waals surface area contributed by atoms with Crippen molar-refractivity contribution in [3.8, 4) is 79.0 Å². The molecule has 510 valence electrons. The van der Waals surface area contributed by atoms with Gasteiger partial charge in [-0.15, -0.1) is 0 Å². The molecule has 11 aromatic carbocycles. The van der Waals surface area contributed by atoms with Gasteiger partial charge in [0.1, 0.15) is 85.2 Å². The fraction of sp³-hybridized carbons (Fsp3) is 0.0430. The summed E-state index contributed by atoms with van der Waals surface area (Å²) >= 11 is 0. The summed E-state index contributed by atoms with van der Waals surface area (Å²) in [5.41, 5.74) is 36.0. The van der Waals surface area contributed by atoms with Crippen LogP contribution in [0.2, 0.25) is 5.82 Å². The van der Waals surface area contributed by atoms with Crippen molar-refractivity contribution in [2.45, 2.75) is 25.3 Å². The maximum absolute atomic E-state index is 7.70. The molecule has 6 aliphatic heterocycles. The number of ether oxygens (including phenoxy) is 4. The van der Waals surface area contributed by atoms with Crippen LogP contribution in [0.4, 0.5) is 39.8 Å². The number of nitrogens with two attached hydrogens (primary N) is 1. The Morgan fingerprint density at radius 1 is 0.394 bits per heavy atom. The number of rotatable bonds is 9. The highest BCUT2D eigenvalue weighted by atomic mass is 16.5. The highest BCUT2D eigenvalue weighted by molar-refractivity contribution is 7.00. The molecule has 0 saturated heterocycles. The second-order valence-corrected chi connectivity index (χ2v) is 29.2. The summed E-state index contributed by atoms with van der Waals surface area (Å²) < 4.78 is 56.0. The molecule has 2 N–H and O–H groups in total. The number of benzene rings is 11. The van der Waals surface area contributed by atoms with E-state index < -0.39 is 6.10 Å². The van der Waals surface area contributed by atoms with Crippen LogP contribution in [-0.2, 0) is 0 Å². The monoisotopic (exact) mass is 1400 g/mol. The first kappa shape index (κ1) is 59.1. The van der Waals surface area contributed by atoms with Crippen molar-refractivity contribution < 1.29 is 36.6 Å². The van der Waals surface area contributed by atoms with Crippen LogP contribution in [0.3, 0.4) is 0 Å². The summed E-state index contributed by atoms with van der Waals surface area (Å²) in [6.45, 7) is 1.61. The van der Waals surface area contributed by atoms with Crippen LogP contribution in [0.5, 0.6) is 34.5 Å². The smallest absolute Gasteiger partial charge is 0.266 e. The van der Waals surface area contributed by atoms with Crippen molar-refractivity contribution in [1.29, 1.82) is 0 Å². The first-order valence-corrected chi connectivity index (χ1v) is 36.9. The summed E-state index contributed by atoms with van der Waals surface area (Å²) in [4.78, 5) is 19.2. The third-order valence-electron chi connectivity index (χ3n) is 23.3. The highest BCUT2D eigenvalue weighted by Gasteiger charge is 2.56. The SMILES string of the molecule is CC/C=C\c1oc2ccc(-c3cc4c5c(c3)N(c3ccccc3)c3cc(-c6ccc7oc8cccnc8c7c6)cc6c3B5C3C(=CC(c5cc7c8c(c5)Oc5cc(-c9ccc%10oc%11cccnc%11c%10c9)cc9c5B8c5c(cc(-c8ccc%10oc%11cccnc%11c%10c8)cc5N9c5ccccc5)O7)=CC3O6)O4)cc2c1N. The average molecular weight is 1410 g/mol. The van der Waals surface area contributed by atoms with E-state index in [1.165, 1.54) is 0 Å². The van der Waals surface area contributed by atoms with Gasteiger partial charge in [0, 0.05) is 85.5 Å². The van der Waals surface area contributed by atoms with Crippen LogP contribution < -0.4 is 61.8 Å². The number of para-hydroxylation sites is 2. The van der Waals surface area contributed by atoms with Gasteiger partial charge in [-0.1, -0.05) is 73.7 Å². The predicted octanol–water partition coefficient (Wildman–Crippen LogP) is 20.4. The second kappa shape index (κ2) is 21.7. The lowest BCUT2D eigenvalue weighted by molar-refractivity contribution is 0.220. The Hall–Kier alpha value is -14.2. The van der Waals surface area contributed by atoms with Crippen molar-refractivity contribution >= 4 is 169 Å². The number of furan rings is 4. The molecule has 2 unspecified atom stereocenters. The lowest BCUT2D eigenvalue weighted by Crippen LogP contribution is -2.62. The molecule has 0 bridgehead atoms. The number of anilines is 7. The van der Waals surface area contributed by atoms with Crippen molar-refractivity contribution in [3.63, 3.8) is 0 Å². The van der Waals surface area contributed by atoms with Gasteiger partial charge in [-0.2, -0.15) is 0 Å². The Kier molecular flexibility index (Phi) is 11.8. The molecular formula is C93H54B2N6O8. The zero-order chi connectivity index (χ0) is 71.2. The third kappa shape index (κ3) is 8.39. The van der Waals surface area contributed by atoms with Crippen molar-refractivity contribution in [2.24, 2.45) is 0 Å².